The van der Waals surface area contributed by atoms with Gasteiger partial charge >= 0.3 is 17.1 Å². The number of carbonyl (C=O) groups excluding carboxylic acids is 2. The fourth-order valence-electron chi connectivity index (χ4n) is 6.93. The van der Waals surface area contributed by atoms with Crippen molar-refractivity contribution in [3.63, 3.8) is 0 Å². The maximum atomic E-state index is 13.3. The molecule has 8 rings (SSSR count). The average molecular weight is 931 g/mol. The summed E-state index contributed by atoms with van der Waals surface area (Å²) >= 11 is 0. The second kappa shape index (κ2) is 20.5. The van der Waals surface area contributed by atoms with Crippen LogP contribution >= 0.6 is 0 Å². The van der Waals surface area contributed by atoms with Gasteiger partial charge in [0, 0.05) is 33.3 Å². The molecule has 0 aromatic heterocycles. The Bertz CT molecular complexity index is 2930. The molecule has 0 aliphatic heterocycles. The predicted molar refractivity (Wildman–Crippen MR) is 253 cm³/mol. The molecule has 8 aromatic carbocycles. The Labute approximate surface area is 399 Å². The van der Waals surface area contributed by atoms with Crippen molar-refractivity contribution in [2.24, 2.45) is 20.5 Å². The molecule has 2 amide bonds. The maximum Gasteiger partial charge on any atom is 3.00 e. The normalized spacial score (nSPS) is 11.6. The third kappa shape index (κ3) is 11.5. The molecule has 2 N–H and O–H groups in total. The third-order valence-electron chi connectivity index (χ3n) is 10.7. The zero-order chi connectivity index (χ0) is 47.2. The van der Waals surface area contributed by atoms with Gasteiger partial charge in [-0.25, -0.2) is 0 Å². The first-order valence-corrected chi connectivity index (χ1v) is 21.1. The fourth-order valence-corrected chi connectivity index (χ4v) is 6.93. The number of nitrogens with zero attached hydrogens (tertiary/aromatic N) is 4. The standard InChI is InChI=1S/2C27H25N3O3.Fe/c2*1-27(2,3)18-13-14-23(31)22(16-18)29-30-24-20-12-8-7-9-17(20)15-21(25(24)32)26(33)28-19-10-5-4-6-11-19;/h2*4-16,31-32H,1-3H3,(H,28,33);/q;;+3/p-4. The summed E-state index contributed by atoms with van der Waals surface area (Å²) in [7, 11) is 0. The summed E-state index contributed by atoms with van der Waals surface area (Å²) in [6.07, 6.45) is 0. The van der Waals surface area contributed by atoms with Crippen molar-refractivity contribution >= 4 is 67.5 Å². The van der Waals surface area contributed by atoms with Gasteiger partial charge in [0.05, 0.1) is 22.7 Å². The van der Waals surface area contributed by atoms with E-state index in [0.29, 0.717) is 32.9 Å². The minimum Gasteiger partial charge on any atom is -0.871 e. The second-order valence-corrected chi connectivity index (χ2v) is 17.6. The molecule has 0 aliphatic rings. The van der Waals surface area contributed by atoms with Crippen LogP contribution in [0.4, 0.5) is 34.1 Å². The topological polar surface area (TPSA) is 200 Å². The summed E-state index contributed by atoms with van der Waals surface area (Å²) in [5.41, 5.74) is 2.90. The van der Waals surface area contributed by atoms with Gasteiger partial charge in [-0.15, -0.1) is 0 Å². The molecule has 0 heterocycles. The van der Waals surface area contributed by atoms with Gasteiger partial charge in [-0.1, -0.05) is 174 Å². The number of benzene rings is 8. The summed E-state index contributed by atoms with van der Waals surface area (Å²) in [5, 5.41) is 75.7. The van der Waals surface area contributed by atoms with E-state index in [4.69, 9.17) is 0 Å². The number of amides is 2. The number of nitrogens with one attached hydrogen (secondary N) is 2. The van der Waals surface area contributed by atoms with Gasteiger partial charge in [0.15, 0.2) is 0 Å². The number of hydrogen-bond donors (Lipinski definition) is 2. The van der Waals surface area contributed by atoms with Gasteiger partial charge in [-0.3, -0.25) is 9.59 Å². The van der Waals surface area contributed by atoms with E-state index in [9.17, 15) is 30.0 Å². The molecule has 337 valence electrons. The van der Waals surface area contributed by atoms with Crippen LogP contribution in [0.1, 0.15) is 73.4 Å². The van der Waals surface area contributed by atoms with Crippen LogP contribution in [0.25, 0.3) is 21.5 Å². The second-order valence-electron chi connectivity index (χ2n) is 17.6. The molecule has 12 nitrogen and oxygen atoms in total. The van der Waals surface area contributed by atoms with Crippen molar-refractivity contribution in [3.05, 3.63) is 180 Å². The molecule has 0 fully saturated rings. The molecule has 1 radical (unpaired) electrons. The van der Waals surface area contributed by atoms with E-state index in [0.717, 1.165) is 11.1 Å². The van der Waals surface area contributed by atoms with E-state index >= 15 is 0 Å². The van der Waals surface area contributed by atoms with Gasteiger partial charge < -0.3 is 31.1 Å². The Morgan fingerprint density at radius 3 is 1.13 bits per heavy atom. The molecule has 0 spiro atoms. The van der Waals surface area contributed by atoms with Crippen molar-refractivity contribution in [3.8, 4) is 23.0 Å². The molecule has 0 saturated heterocycles. The number of hydrogen-bond acceptors (Lipinski definition) is 10. The number of para-hydroxylation sites is 2. The first-order valence-electron chi connectivity index (χ1n) is 21.1. The SMILES string of the molecule is CC(C)(C)c1ccc([O-])c(N=Nc2c([O-])c(C(=O)Nc3ccccc3)cc3ccccc23)c1.CC(C)(C)c1ccc([O-])c(N=Nc2c([O-])c(C(=O)Nc3ccccc3)cc3ccccc23)c1.[Fe+3]. The molecule has 0 aliphatic carbocycles. The summed E-state index contributed by atoms with van der Waals surface area (Å²) in [5.74, 6) is -2.75. The van der Waals surface area contributed by atoms with Gasteiger partial charge in [0.1, 0.15) is 0 Å². The van der Waals surface area contributed by atoms with Crippen LogP contribution in [0, 0.1) is 0 Å². The van der Waals surface area contributed by atoms with Crippen LogP contribution in [-0.4, -0.2) is 11.8 Å². The monoisotopic (exact) mass is 930 g/mol. The van der Waals surface area contributed by atoms with Crippen LogP contribution in [0.2, 0.25) is 0 Å². The van der Waals surface area contributed by atoms with Gasteiger partial charge in [-0.05, 0) is 81.3 Å². The molecule has 0 bridgehead atoms. The van der Waals surface area contributed by atoms with Gasteiger partial charge in [0.25, 0.3) is 11.8 Å². The predicted octanol–water partition coefficient (Wildman–Crippen LogP) is 11.9. The molecule has 0 unspecified atom stereocenters. The molecule has 8 aromatic rings. The van der Waals surface area contributed by atoms with Crippen LogP contribution in [-0.2, 0) is 27.9 Å². The number of rotatable bonds is 8. The Morgan fingerprint density at radius 1 is 0.433 bits per heavy atom. The van der Waals surface area contributed by atoms with Gasteiger partial charge in [0.2, 0.25) is 0 Å². The number of carbonyl (C=O) groups is 2. The minimum absolute atomic E-state index is 0. The quantitative estimate of drug-likeness (QED) is 0.112. The zero-order valence-electron chi connectivity index (χ0n) is 37.6. The summed E-state index contributed by atoms with van der Waals surface area (Å²) in [6.45, 7) is 12.2. The van der Waals surface area contributed by atoms with E-state index < -0.39 is 23.3 Å². The Kier molecular flexibility index (Phi) is 14.9. The minimum atomic E-state index is -0.551. The first kappa shape index (κ1) is 48.6. The molecule has 13 heteroatoms. The average Bonchev–Trinajstić information content (AvgIpc) is 3.29. The van der Waals surface area contributed by atoms with Crippen LogP contribution in [0.3, 0.4) is 0 Å². The van der Waals surface area contributed by atoms with Crippen molar-refractivity contribution in [2.75, 3.05) is 10.6 Å². The van der Waals surface area contributed by atoms with Crippen molar-refractivity contribution in [2.45, 2.75) is 52.4 Å². The van der Waals surface area contributed by atoms with E-state index in [1.54, 1.807) is 121 Å². The number of anilines is 2. The zero-order valence-corrected chi connectivity index (χ0v) is 38.7. The van der Waals surface area contributed by atoms with E-state index in [1.807, 2.05) is 65.8 Å². The Hall–Kier alpha value is -7.86. The van der Waals surface area contributed by atoms with Crippen molar-refractivity contribution in [1.82, 2.24) is 0 Å². The molecular weight excluding hydrogens is 884 g/mol. The van der Waals surface area contributed by atoms with Crippen LogP contribution in [0.15, 0.2) is 178 Å². The number of fused-ring (bicyclic) bond motifs is 2. The Morgan fingerprint density at radius 2 is 0.776 bits per heavy atom. The number of azo groups is 2. The Balaban J connectivity index is 0.000000218. The molecular formula is C54H46FeN6O6-. The maximum absolute atomic E-state index is 13.3. The summed E-state index contributed by atoms with van der Waals surface area (Å²) in [6, 6.07) is 45.0. The first-order chi connectivity index (χ1) is 31.5. The van der Waals surface area contributed by atoms with E-state index in [2.05, 4.69) is 31.1 Å². The molecule has 0 atom stereocenters. The van der Waals surface area contributed by atoms with Crippen molar-refractivity contribution < 1.29 is 47.1 Å². The summed E-state index contributed by atoms with van der Waals surface area (Å²) in [4.78, 5) is 25.8. The largest absolute Gasteiger partial charge is 3.00 e. The smallest absolute Gasteiger partial charge is 0.871 e. The van der Waals surface area contributed by atoms with Crippen LogP contribution in [0.5, 0.6) is 23.0 Å². The van der Waals surface area contributed by atoms with Crippen molar-refractivity contribution in [1.29, 1.82) is 0 Å². The van der Waals surface area contributed by atoms with Crippen LogP contribution < -0.4 is 31.1 Å². The molecule has 0 saturated carbocycles. The molecule has 67 heavy (non-hydrogen) atoms. The van der Waals surface area contributed by atoms with E-state index in [1.165, 1.54) is 12.1 Å². The van der Waals surface area contributed by atoms with E-state index in [-0.39, 0.29) is 73.3 Å². The van der Waals surface area contributed by atoms with Gasteiger partial charge in [-0.2, -0.15) is 20.5 Å². The fraction of sp³-hybridized carbons (Fsp3) is 0.148. The third-order valence-corrected chi connectivity index (χ3v) is 10.7. The summed E-state index contributed by atoms with van der Waals surface area (Å²) < 4.78 is 0.